The van der Waals surface area contributed by atoms with Gasteiger partial charge in [0.1, 0.15) is 0 Å². The molecule has 0 aromatic carbocycles. The van der Waals surface area contributed by atoms with Gasteiger partial charge in [0.15, 0.2) is 0 Å². The minimum absolute atomic E-state index is 0.0938. The molecular formula is C9H17NO. The van der Waals surface area contributed by atoms with Gasteiger partial charge in [-0.1, -0.05) is 20.8 Å². The number of β-lactam (4-membered cyclic amide) rings is 1. The number of hydrogen-bond donors (Lipinski definition) is 0. The van der Waals surface area contributed by atoms with Crippen molar-refractivity contribution in [2.24, 2.45) is 10.8 Å². The Kier molecular flexibility index (Phi) is 1.55. The molecule has 1 fully saturated rings. The van der Waals surface area contributed by atoms with Crippen molar-refractivity contribution in [1.82, 2.24) is 4.90 Å². The van der Waals surface area contributed by atoms with E-state index in [-0.39, 0.29) is 16.7 Å². The van der Waals surface area contributed by atoms with Crippen LogP contribution in [0.25, 0.3) is 0 Å². The molecule has 1 aliphatic rings. The molecule has 1 unspecified atom stereocenters. The van der Waals surface area contributed by atoms with Gasteiger partial charge < -0.3 is 4.90 Å². The van der Waals surface area contributed by atoms with Gasteiger partial charge in [-0.3, -0.25) is 4.79 Å². The fraction of sp³-hybridized carbons (Fsp3) is 0.889. The van der Waals surface area contributed by atoms with Gasteiger partial charge in [0.25, 0.3) is 0 Å². The van der Waals surface area contributed by atoms with Crippen LogP contribution in [0.2, 0.25) is 0 Å². The Morgan fingerprint density at radius 3 is 2.00 bits per heavy atom. The summed E-state index contributed by atoms with van der Waals surface area (Å²) in [5.74, 6) is 0.282. The van der Waals surface area contributed by atoms with E-state index in [1.165, 1.54) is 0 Å². The molecule has 0 spiro atoms. The molecule has 0 N–H and O–H groups in total. The Hall–Kier alpha value is -0.530. The lowest BCUT2D eigenvalue weighted by molar-refractivity contribution is -0.166. The molecule has 0 aromatic rings. The van der Waals surface area contributed by atoms with Crippen molar-refractivity contribution in [3.63, 3.8) is 0 Å². The minimum Gasteiger partial charge on any atom is -0.344 e. The van der Waals surface area contributed by atoms with Crippen molar-refractivity contribution in [2.75, 3.05) is 13.6 Å². The number of carbonyl (C=O) groups is 1. The zero-order valence-corrected chi connectivity index (χ0v) is 8.06. The SMILES string of the molecule is CN1CC(C)(C(C)(C)C)C1=O. The first-order chi connectivity index (χ1) is 4.79. The molecule has 1 heterocycles. The summed E-state index contributed by atoms with van der Waals surface area (Å²) in [6, 6.07) is 0. The maximum atomic E-state index is 11.5. The molecule has 0 aromatic heterocycles. The minimum atomic E-state index is -0.123. The molecule has 1 atom stereocenters. The standard InChI is InChI=1S/C9H17NO/c1-8(2,3)9(4)6-10(5)7(9)11/h6H2,1-5H3. The molecule has 0 aliphatic carbocycles. The highest BCUT2D eigenvalue weighted by atomic mass is 16.2. The van der Waals surface area contributed by atoms with Gasteiger partial charge in [-0.25, -0.2) is 0 Å². The van der Waals surface area contributed by atoms with Crippen LogP contribution in [-0.4, -0.2) is 24.4 Å². The smallest absolute Gasteiger partial charge is 0.230 e. The normalized spacial score (nSPS) is 32.1. The topological polar surface area (TPSA) is 20.3 Å². The molecule has 2 nitrogen and oxygen atoms in total. The Morgan fingerprint density at radius 1 is 1.45 bits per heavy atom. The van der Waals surface area contributed by atoms with E-state index in [4.69, 9.17) is 0 Å². The van der Waals surface area contributed by atoms with E-state index in [0.29, 0.717) is 0 Å². The van der Waals surface area contributed by atoms with Gasteiger partial charge in [0.2, 0.25) is 5.91 Å². The lowest BCUT2D eigenvalue weighted by Crippen LogP contribution is -2.63. The highest BCUT2D eigenvalue weighted by Gasteiger charge is 2.53. The fourth-order valence-corrected chi connectivity index (χ4v) is 1.50. The number of hydrogen-bond acceptors (Lipinski definition) is 1. The van der Waals surface area contributed by atoms with Crippen molar-refractivity contribution >= 4 is 5.91 Å². The summed E-state index contributed by atoms with van der Waals surface area (Å²) in [6.07, 6.45) is 0. The molecular weight excluding hydrogens is 138 g/mol. The molecule has 0 saturated carbocycles. The van der Waals surface area contributed by atoms with Crippen molar-refractivity contribution in [3.05, 3.63) is 0 Å². The highest BCUT2D eigenvalue weighted by Crippen LogP contribution is 2.45. The van der Waals surface area contributed by atoms with Gasteiger partial charge in [0.05, 0.1) is 5.41 Å². The Morgan fingerprint density at radius 2 is 1.91 bits per heavy atom. The first-order valence-corrected chi connectivity index (χ1v) is 4.04. The summed E-state index contributed by atoms with van der Waals surface area (Å²) in [5.41, 5.74) is -0.0294. The molecule has 1 amide bonds. The third-order valence-corrected chi connectivity index (χ3v) is 3.03. The third-order valence-electron chi connectivity index (χ3n) is 3.03. The average Bonchev–Trinajstić information content (AvgIpc) is 1.85. The van der Waals surface area contributed by atoms with Gasteiger partial charge >= 0.3 is 0 Å². The van der Waals surface area contributed by atoms with E-state index in [1.54, 1.807) is 4.90 Å². The van der Waals surface area contributed by atoms with Crippen LogP contribution in [0.5, 0.6) is 0 Å². The number of carbonyl (C=O) groups excluding carboxylic acids is 1. The Balaban J connectivity index is 2.81. The molecule has 1 aliphatic heterocycles. The maximum Gasteiger partial charge on any atom is 0.230 e. The Bertz CT molecular complexity index is 192. The van der Waals surface area contributed by atoms with Crippen molar-refractivity contribution in [3.8, 4) is 0 Å². The molecule has 0 bridgehead atoms. The first-order valence-electron chi connectivity index (χ1n) is 4.04. The van der Waals surface area contributed by atoms with E-state index < -0.39 is 0 Å². The third kappa shape index (κ3) is 0.959. The van der Waals surface area contributed by atoms with E-state index in [2.05, 4.69) is 27.7 Å². The van der Waals surface area contributed by atoms with Crippen LogP contribution in [0, 0.1) is 10.8 Å². The van der Waals surface area contributed by atoms with Gasteiger partial charge in [-0.05, 0) is 12.3 Å². The summed E-state index contributed by atoms with van der Waals surface area (Å²) in [6.45, 7) is 9.32. The van der Waals surface area contributed by atoms with Crippen LogP contribution >= 0.6 is 0 Å². The molecule has 64 valence electrons. The molecule has 2 heteroatoms. The molecule has 11 heavy (non-hydrogen) atoms. The molecule has 0 radical (unpaired) electrons. The zero-order chi connectivity index (χ0) is 8.86. The summed E-state index contributed by atoms with van der Waals surface area (Å²) >= 11 is 0. The van der Waals surface area contributed by atoms with E-state index in [0.717, 1.165) is 6.54 Å². The van der Waals surface area contributed by atoms with Crippen LogP contribution in [0.4, 0.5) is 0 Å². The second-order valence-corrected chi connectivity index (χ2v) is 4.74. The van der Waals surface area contributed by atoms with Gasteiger partial charge in [0, 0.05) is 13.6 Å². The van der Waals surface area contributed by atoms with Crippen LogP contribution in [-0.2, 0) is 4.79 Å². The van der Waals surface area contributed by atoms with Crippen molar-refractivity contribution < 1.29 is 4.79 Å². The number of nitrogens with zero attached hydrogens (tertiary/aromatic N) is 1. The monoisotopic (exact) mass is 155 g/mol. The zero-order valence-electron chi connectivity index (χ0n) is 8.06. The number of likely N-dealkylation sites (tertiary alicyclic amines) is 1. The summed E-state index contributed by atoms with van der Waals surface area (Å²) in [5, 5.41) is 0. The van der Waals surface area contributed by atoms with E-state index >= 15 is 0 Å². The Labute approximate surface area is 68.6 Å². The first kappa shape index (κ1) is 8.57. The predicted octanol–water partition coefficient (Wildman–Crippen LogP) is 1.51. The summed E-state index contributed by atoms with van der Waals surface area (Å²) in [7, 11) is 1.86. The highest BCUT2D eigenvalue weighted by molar-refractivity contribution is 5.88. The van der Waals surface area contributed by atoms with Crippen LogP contribution in [0.1, 0.15) is 27.7 Å². The quantitative estimate of drug-likeness (QED) is 0.486. The number of amides is 1. The lowest BCUT2D eigenvalue weighted by Gasteiger charge is -2.52. The van der Waals surface area contributed by atoms with Gasteiger partial charge in [-0.15, -0.1) is 0 Å². The van der Waals surface area contributed by atoms with Gasteiger partial charge in [-0.2, -0.15) is 0 Å². The molecule has 1 rings (SSSR count). The van der Waals surface area contributed by atoms with E-state index in [1.807, 2.05) is 7.05 Å². The lowest BCUT2D eigenvalue weighted by atomic mass is 9.62. The largest absolute Gasteiger partial charge is 0.344 e. The fourth-order valence-electron chi connectivity index (χ4n) is 1.50. The van der Waals surface area contributed by atoms with Crippen LogP contribution in [0.15, 0.2) is 0 Å². The van der Waals surface area contributed by atoms with E-state index in [9.17, 15) is 4.79 Å². The van der Waals surface area contributed by atoms with Crippen molar-refractivity contribution in [1.29, 1.82) is 0 Å². The summed E-state index contributed by atoms with van der Waals surface area (Å²) < 4.78 is 0. The average molecular weight is 155 g/mol. The predicted molar refractivity (Wildman–Crippen MR) is 45.2 cm³/mol. The summed E-state index contributed by atoms with van der Waals surface area (Å²) in [4.78, 5) is 13.2. The number of rotatable bonds is 0. The maximum absolute atomic E-state index is 11.5. The second kappa shape index (κ2) is 1.99. The van der Waals surface area contributed by atoms with Crippen molar-refractivity contribution in [2.45, 2.75) is 27.7 Å². The van der Waals surface area contributed by atoms with Crippen LogP contribution in [0.3, 0.4) is 0 Å². The molecule has 1 saturated heterocycles. The second-order valence-electron chi connectivity index (χ2n) is 4.74. The van der Waals surface area contributed by atoms with Crippen LogP contribution < -0.4 is 0 Å².